The first kappa shape index (κ1) is 12.6. The third-order valence-corrected chi connectivity index (χ3v) is 3.87. The number of hydrogen-bond acceptors (Lipinski definition) is 4. The SMILES string of the molecule is Cc1ncc2n1C(=O)N(C1CCN(C(=O)O)CC1)C2=O. The summed E-state index contributed by atoms with van der Waals surface area (Å²) in [6.45, 7) is 2.34. The summed E-state index contributed by atoms with van der Waals surface area (Å²) in [6.07, 6.45) is 1.39. The van der Waals surface area contributed by atoms with Crippen molar-refractivity contribution in [2.24, 2.45) is 0 Å². The molecule has 2 aliphatic rings. The number of carboxylic acid groups (broad SMARTS) is 1. The van der Waals surface area contributed by atoms with E-state index in [1.54, 1.807) is 6.92 Å². The Morgan fingerprint density at radius 2 is 2.00 bits per heavy atom. The number of piperidine rings is 1. The highest BCUT2D eigenvalue weighted by Gasteiger charge is 2.42. The molecular weight excluding hydrogens is 264 g/mol. The molecule has 0 unspecified atom stereocenters. The number of fused-ring (bicyclic) bond motifs is 1. The van der Waals surface area contributed by atoms with Gasteiger partial charge in [0.1, 0.15) is 11.5 Å². The van der Waals surface area contributed by atoms with Crippen LogP contribution in [0.2, 0.25) is 0 Å². The number of rotatable bonds is 1. The predicted molar refractivity (Wildman–Crippen MR) is 66.5 cm³/mol. The molecule has 0 aliphatic carbocycles. The van der Waals surface area contributed by atoms with Crippen molar-refractivity contribution in [2.45, 2.75) is 25.8 Å². The van der Waals surface area contributed by atoms with Crippen LogP contribution < -0.4 is 0 Å². The summed E-state index contributed by atoms with van der Waals surface area (Å²) < 4.78 is 1.31. The third kappa shape index (κ3) is 1.68. The lowest BCUT2D eigenvalue weighted by Crippen LogP contribution is -2.48. The molecular formula is C12H14N4O4. The van der Waals surface area contributed by atoms with Crippen LogP contribution in [0.4, 0.5) is 9.59 Å². The molecule has 20 heavy (non-hydrogen) atoms. The minimum absolute atomic E-state index is 0.245. The van der Waals surface area contributed by atoms with E-state index in [1.165, 1.54) is 20.6 Å². The molecule has 1 fully saturated rings. The Bertz CT molecular complexity index is 601. The smallest absolute Gasteiger partial charge is 0.407 e. The Morgan fingerprint density at radius 3 is 2.55 bits per heavy atom. The van der Waals surface area contributed by atoms with Crippen LogP contribution >= 0.6 is 0 Å². The number of carbonyl (C=O) groups excluding carboxylic acids is 2. The molecule has 3 amide bonds. The van der Waals surface area contributed by atoms with E-state index < -0.39 is 6.09 Å². The highest BCUT2D eigenvalue weighted by molar-refractivity contribution is 6.11. The van der Waals surface area contributed by atoms with Crippen LogP contribution in [-0.2, 0) is 0 Å². The minimum atomic E-state index is -0.964. The molecule has 106 valence electrons. The number of hydrogen-bond donors (Lipinski definition) is 1. The third-order valence-electron chi connectivity index (χ3n) is 3.87. The summed E-state index contributed by atoms with van der Waals surface area (Å²) in [6, 6.07) is -0.626. The molecule has 8 nitrogen and oxygen atoms in total. The fourth-order valence-corrected chi connectivity index (χ4v) is 2.79. The van der Waals surface area contributed by atoms with Crippen LogP contribution in [0.25, 0.3) is 0 Å². The van der Waals surface area contributed by atoms with E-state index in [-0.39, 0.29) is 23.7 Å². The summed E-state index contributed by atoms with van der Waals surface area (Å²) in [7, 11) is 0. The topological polar surface area (TPSA) is 95.7 Å². The second-order valence-corrected chi connectivity index (χ2v) is 4.98. The first-order chi connectivity index (χ1) is 9.50. The highest BCUT2D eigenvalue weighted by Crippen LogP contribution is 2.25. The number of imide groups is 1. The molecule has 8 heteroatoms. The predicted octanol–water partition coefficient (Wildman–Crippen LogP) is 0.758. The zero-order valence-electron chi connectivity index (χ0n) is 10.9. The van der Waals surface area contributed by atoms with Crippen molar-refractivity contribution in [2.75, 3.05) is 13.1 Å². The fourth-order valence-electron chi connectivity index (χ4n) is 2.79. The van der Waals surface area contributed by atoms with E-state index in [2.05, 4.69) is 4.98 Å². The van der Waals surface area contributed by atoms with E-state index in [0.29, 0.717) is 31.8 Å². The fraction of sp³-hybridized carbons (Fsp3) is 0.500. The van der Waals surface area contributed by atoms with Crippen LogP contribution in [0.15, 0.2) is 6.20 Å². The quantitative estimate of drug-likeness (QED) is 0.818. The molecule has 3 heterocycles. The maximum atomic E-state index is 12.3. The first-order valence-electron chi connectivity index (χ1n) is 6.41. The molecule has 1 N–H and O–H groups in total. The van der Waals surface area contributed by atoms with Crippen LogP contribution in [-0.4, -0.2) is 61.6 Å². The van der Waals surface area contributed by atoms with Gasteiger partial charge < -0.3 is 10.0 Å². The van der Waals surface area contributed by atoms with Gasteiger partial charge in [0.2, 0.25) is 0 Å². The molecule has 0 spiro atoms. The summed E-state index contributed by atoms with van der Waals surface area (Å²) >= 11 is 0. The summed E-state index contributed by atoms with van der Waals surface area (Å²) in [4.78, 5) is 41.9. The lowest BCUT2D eigenvalue weighted by atomic mass is 10.0. The van der Waals surface area contributed by atoms with Crippen LogP contribution in [0.5, 0.6) is 0 Å². The number of nitrogens with zero attached hydrogens (tertiary/aromatic N) is 4. The molecule has 0 saturated carbocycles. The Balaban J connectivity index is 1.79. The van der Waals surface area contributed by atoms with Crippen LogP contribution in [0.3, 0.4) is 0 Å². The van der Waals surface area contributed by atoms with Gasteiger partial charge in [0.15, 0.2) is 0 Å². The van der Waals surface area contributed by atoms with Gasteiger partial charge in [0.05, 0.1) is 6.20 Å². The van der Waals surface area contributed by atoms with Gasteiger partial charge in [-0.05, 0) is 19.8 Å². The second kappa shape index (κ2) is 4.32. The largest absolute Gasteiger partial charge is 0.465 e. The highest BCUT2D eigenvalue weighted by atomic mass is 16.4. The first-order valence-corrected chi connectivity index (χ1v) is 6.41. The number of amides is 3. The van der Waals surface area contributed by atoms with Crippen LogP contribution in [0, 0.1) is 6.92 Å². The van der Waals surface area contributed by atoms with Crippen molar-refractivity contribution in [3.8, 4) is 0 Å². The summed E-state index contributed by atoms with van der Waals surface area (Å²) in [5.41, 5.74) is 0.285. The molecule has 2 aliphatic heterocycles. The molecule has 1 aromatic heterocycles. The van der Waals surface area contributed by atoms with Gasteiger partial charge in [-0.2, -0.15) is 0 Å². The van der Waals surface area contributed by atoms with Crippen LogP contribution in [0.1, 0.15) is 29.2 Å². The molecule has 0 radical (unpaired) electrons. The summed E-state index contributed by atoms with van der Waals surface area (Å²) in [5.74, 6) is 0.146. The van der Waals surface area contributed by atoms with Crippen molar-refractivity contribution in [3.63, 3.8) is 0 Å². The van der Waals surface area contributed by atoms with Crippen molar-refractivity contribution in [3.05, 3.63) is 17.7 Å². The van der Waals surface area contributed by atoms with Gasteiger partial charge in [0, 0.05) is 19.1 Å². The Hall–Kier alpha value is -2.38. The van der Waals surface area contributed by atoms with Gasteiger partial charge in [-0.25, -0.2) is 19.1 Å². The number of imidazole rings is 1. The maximum absolute atomic E-state index is 12.3. The number of carbonyl (C=O) groups is 3. The minimum Gasteiger partial charge on any atom is -0.465 e. The van der Waals surface area contributed by atoms with Crippen molar-refractivity contribution >= 4 is 18.0 Å². The maximum Gasteiger partial charge on any atom is 0.407 e. The molecule has 3 rings (SSSR count). The molecule has 1 aromatic rings. The average molecular weight is 278 g/mol. The monoisotopic (exact) mass is 278 g/mol. The Labute approximate surface area is 114 Å². The van der Waals surface area contributed by atoms with E-state index in [1.807, 2.05) is 0 Å². The van der Waals surface area contributed by atoms with Gasteiger partial charge >= 0.3 is 12.1 Å². The zero-order chi connectivity index (χ0) is 14.4. The molecule has 0 aromatic carbocycles. The van der Waals surface area contributed by atoms with E-state index in [0.717, 1.165) is 0 Å². The normalized spacial score (nSPS) is 19.6. The number of aromatic nitrogens is 2. The Morgan fingerprint density at radius 1 is 1.35 bits per heavy atom. The lowest BCUT2D eigenvalue weighted by Gasteiger charge is -2.33. The standard InChI is InChI=1S/C12H14N4O4/c1-7-13-6-9-10(17)16(11(18)15(7)9)8-2-4-14(5-3-8)12(19)20/h6,8H,2-5H2,1H3,(H,19,20). The number of aryl methyl sites for hydroxylation is 1. The van der Waals surface area contributed by atoms with Gasteiger partial charge in [-0.1, -0.05) is 0 Å². The van der Waals surface area contributed by atoms with Crippen molar-refractivity contribution < 1.29 is 19.5 Å². The van der Waals surface area contributed by atoms with Crippen molar-refractivity contribution in [1.82, 2.24) is 19.4 Å². The van der Waals surface area contributed by atoms with E-state index in [9.17, 15) is 14.4 Å². The second-order valence-electron chi connectivity index (χ2n) is 4.98. The van der Waals surface area contributed by atoms with Gasteiger partial charge in [-0.3, -0.25) is 9.69 Å². The Kier molecular flexibility index (Phi) is 2.73. The zero-order valence-corrected chi connectivity index (χ0v) is 10.9. The molecule has 0 atom stereocenters. The lowest BCUT2D eigenvalue weighted by molar-refractivity contribution is 0.0699. The van der Waals surface area contributed by atoms with E-state index >= 15 is 0 Å². The molecule has 0 bridgehead atoms. The summed E-state index contributed by atoms with van der Waals surface area (Å²) in [5, 5.41) is 8.91. The average Bonchev–Trinajstić information content (AvgIpc) is 2.91. The molecule has 1 saturated heterocycles. The van der Waals surface area contributed by atoms with E-state index in [4.69, 9.17) is 5.11 Å². The van der Waals surface area contributed by atoms with Gasteiger partial charge in [0.25, 0.3) is 5.91 Å². The van der Waals surface area contributed by atoms with Crippen molar-refractivity contribution in [1.29, 1.82) is 0 Å². The van der Waals surface area contributed by atoms with Gasteiger partial charge in [-0.15, -0.1) is 0 Å². The number of likely N-dealkylation sites (tertiary alicyclic amines) is 1.